The molecule has 2 atom stereocenters. The summed E-state index contributed by atoms with van der Waals surface area (Å²) < 4.78 is 25.7. The number of carboxylic acid groups (broad SMARTS) is 1. The first-order valence-electron chi connectivity index (χ1n) is 6.79. The van der Waals surface area contributed by atoms with Gasteiger partial charge in [-0.15, -0.1) is 0 Å². The van der Waals surface area contributed by atoms with E-state index in [0.29, 0.717) is 19.3 Å². The van der Waals surface area contributed by atoms with Crippen molar-refractivity contribution in [2.75, 3.05) is 13.6 Å². The monoisotopic (exact) mass is 304 g/mol. The van der Waals surface area contributed by atoms with Gasteiger partial charge in [0.1, 0.15) is 0 Å². The number of amides is 1. The molecule has 0 heterocycles. The van der Waals surface area contributed by atoms with Gasteiger partial charge in [0.2, 0.25) is 15.9 Å². The summed E-state index contributed by atoms with van der Waals surface area (Å²) in [6.07, 6.45) is 3.18. The van der Waals surface area contributed by atoms with Crippen molar-refractivity contribution in [1.29, 1.82) is 0 Å². The molecule has 0 saturated heterocycles. The van der Waals surface area contributed by atoms with Crippen LogP contribution >= 0.6 is 0 Å². The summed E-state index contributed by atoms with van der Waals surface area (Å²) in [5.41, 5.74) is 0. The van der Waals surface area contributed by atoms with Crippen molar-refractivity contribution < 1.29 is 23.1 Å². The zero-order valence-corrected chi connectivity index (χ0v) is 12.2. The first-order valence-corrected chi connectivity index (χ1v) is 8.30. The Kier molecular flexibility index (Phi) is 4.33. The average Bonchev–Trinajstić information content (AvgIpc) is 3.00. The van der Waals surface area contributed by atoms with Gasteiger partial charge >= 0.3 is 5.97 Å². The largest absolute Gasteiger partial charge is 0.481 e. The first-order chi connectivity index (χ1) is 9.32. The van der Waals surface area contributed by atoms with Gasteiger partial charge < -0.3 is 10.4 Å². The summed E-state index contributed by atoms with van der Waals surface area (Å²) in [5.74, 6) is -2.27. The average molecular weight is 304 g/mol. The number of carboxylic acids is 1. The normalized spacial score (nSPS) is 26.7. The Morgan fingerprint density at radius 2 is 1.90 bits per heavy atom. The number of carbonyl (C=O) groups is 2. The Hall–Kier alpha value is -1.15. The van der Waals surface area contributed by atoms with Gasteiger partial charge in [-0.2, -0.15) is 4.31 Å². The van der Waals surface area contributed by atoms with Crippen LogP contribution in [0.25, 0.3) is 0 Å². The SMILES string of the molecule is CN(CC(=O)NC1CC1)S(=O)(=O)C1CCCC1C(=O)O. The van der Waals surface area contributed by atoms with Gasteiger partial charge in [-0.25, -0.2) is 8.42 Å². The molecule has 20 heavy (non-hydrogen) atoms. The number of likely N-dealkylation sites (N-methyl/N-ethyl adjacent to an activating group) is 1. The van der Waals surface area contributed by atoms with Crippen LogP contribution in [0, 0.1) is 5.92 Å². The molecule has 8 heteroatoms. The van der Waals surface area contributed by atoms with Gasteiger partial charge in [0.25, 0.3) is 0 Å². The lowest BCUT2D eigenvalue weighted by Gasteiger charge is -2.23. The van der Waals surface area contributed by atoms with Crippen LogP contribution in [0.15, 0.2) is 0 Å². The second kappa shape index (κ2) is 5.69. The molecule has 0 aromatic rings. The van der Waals surface area contributed by atoms with Gasteiger partial charge in [0.05, 0.1) is 17.7 Å². The summed E-state index contributed by atoms with van der Waals surface area (Å²) >= 11 is 0. The molecule has 1 amide bonds. The smallest absolute Gasteiger partial charge is 0.307 e. The molecule has 0 bridgehead atoms. The lowest BCUT2D eigenvalue weighted by Crippen LogP contribution is -2.45. The van der Waals surface area contributed by atoms with E-state index in [2.05, 4.69) is 5.32 Å². The van der Waals surface area contributed by atoms with E-state index < -0.39 is 27.2 Å². The highest BCUT2D eigenvalue weighted by atomic mass is 32.2. The molecule has 2 fully saturated rings. The minimum absolute atomic E-state index is 0.178. The molecule has 2 rings (SSSR count). The number of aliphatic carboxylic acids is 1. The molecule has 2 N–H and O–H groups in total. The van der Waals surface area contributed by atoms with Crippen LogP contribution in [0.1, 0.15) is 32.1 Å². The summed E-state index contributed by atoms with van der Waals surface area (Å²) in [4.78, 5) is 22.7. The minimum atomic E-state index is -3.75. The van der Waals surface area contributed by atoms with Gasteiger partial charge in [-0.05, 0) is 25.7 Å². The molecule has 114 valence electrons. The van der Waals surface area contributed by atoms with Crippen LogP contribution in [0.4, 0.5) is 0 Å². The van der Waals surface area contributed by atoms with Crippen LogP contribution in [0.3, 0.4) is 0 Å². The summed E-state index contributed by atoms with van der Waals surface area (Å²) in [6.45, 7) is -0.248. The zero-order valence-electron chi connectivity index (χ0n) is 11.4. The van der Waals surface area contributed by atoms with Gasteiger partial charge in [-0.1, -0.05) is 6.42 Å². The van der Waals surface area contributed by atoms with Crippen LogP contribution < -0.4 is 5.32 Å². The standard InChI is InChI=1S/C12H20N2O5S/c1-14(7-11(15)13-8-5-6-8)20(18,19)10-4-2-3-9(10)12(16)17/h8-10H,2-7H2,1H3,(H,13,15)(H,16,17). The van der Waals surface area contributed by atoms with E-state index in [4.69, 9.17) is 5.11 Å². The number of hydrogen-bond acceptors (Lipinski definition) is 4. The van der Waals surface area contributed by atoms with E-state index in [1.165, 1.54) is 7.05 Å². The molecule has 2 saturated carbocycles. The molecule has 0 aromatic carbocycles. The molecular weight excluding hydrogens is 284 g/mol. The Bertz CT molecular complexity index is 500. The first kappa shape index (κ1) is 15.2. The van der Waals surface area contributed by atoms with E-state index in [9.17, 15) is 18.0 Å². The summed E-state index contributed by atoms with van der Waals surface area (Å²) in [5, 5.41) is 10.9. The summed E-state index contributed by atoms with van der Waals surface area (Å²) in [6, 6.07) is 0.178. The molecule has 0 aromatic heterocycles. The van der Waals surface area contributed by atoms with E-state index in [1.807, 2.05) is 0 Å². The van der Waals surface area contributed by atoms with Crippen LogP contribution in [0.2, 0.25) is 0 Å². The van der Waals surface area contributed by atoms with Gasteiger partial charge in [0, 0.05) is 13.1 Å². The highest BCUT2D eigenvalue weighted by molar-refractivity contribution is 7.89. The maximum atomic E-state index is 12.4. The fourth-order valence-electron chi connectivity index (χ4n) is 2.59. The number of nitrogens with one attached hydrogen (secondary N) is 1. The molecule has 7 nitrogen and oxygen atoms in total. The fraction of sp³-hybridized carbons (Fsp3) is 0.833. The van der Waals surface area contributed by atoms with E-state index in [0.717, 1.165) is 17.1 Å². The third-order valence-electron chi connectivity index (χ3n) is 3.90. The number of sulfonamides is 1. The Morgan fingerprint density at radius 3 is 2.45 bits per heavy atom. The van der Waals surface area contributed by atoms with E-state index in [1.54, 1.807) is 0 Å². The van der Waals surface area contributed by atoms with Crippen molar-refractivity contribution in [3.8, 4) is 0 Å². The van der Waals surface area contributed by atoms with Crippen molar-refractivity contribution in [3.05, 3.63) is 0 Å². The van der Waals surface area contributed by atoms with Crippen LogP contribution in [-0.2, 0) is 19.6 Å². The van der Waals surface area contributed by atoms with E-state index in [-0.39, 0.29) is 18.5 Å². The van der Waals surface area contributed by atoms with Gasteiger partial charge in [0.15, 0.2) is 0 Å². The Balaban J connectivity index is 2.00. The molecular formula is C12H20N2O5S. The fourth-order valence-corrected chi connectivity index (χ4v) is 4.48. The van der Waals surface area contributed by atoms with Crippen molar-refractivity contribution in [1.82, 2.24) is 9.62 Å². The lowest BCUT2D eigenvalue weighted by atomic mass is 10.1. The van der Waals surface area contributed by atoms with Crippen molar-refractivity contribution >= 4 is 21.9 Å². The molecule has 0 radical (unpaired) electrons. The second-order valence-corrected chi connectivity index (χ2v) is 7.82. The van der Waals surface area contributed by atoms with Gasteiger partial charge in [-0.3, -0.25) is 9.59 Å². The zero-order chi connectivity index (χ0) is 14.9. The number of carbonyl (C=O) groups excluding carboxylic acids is 1. The number of rotatable bonds is 6. The van der Waals surface area contributed by atoms with Crippen LogP contribution in [-0.4, -0.2) is 54.6 Å². The Labute approximate surface area is 118 Å². The minimum Gasteiger partial charge on any atom is -0.481 e. The molecule has 2 aliphatic rings. The van der Waals surface area contributed by atoms with Crippen LogP contribution in [0.5, 0.6) is 0 Å². The van der Waals surface area contributed by atoms with Crippen molar-refractivity contribution in [2.45, 2.75) is 43.4 Å². The molecule has 0 aliphatic heterocycles. The number of nitrogens with zero attached hydrogens (tertiary/aromatic N) is 1. The maximum absolute atomic E-state index is 12.4. The maximum Gasteiger partial charge on any atom is 0.307 e. The predicted octanol–water partition coefficient (Wildman–Crippen LogP) is -0.220. The topological polar surface area (TPSA) is 104 Å². The third kappa shape index (κ3) is 3.29. The van der Waals surface area contributed by atoms with Crippen molar-refractivity contribution in [2.24, 2.45) is 5.92 Å². The van der Waals surface area contributed by atoms with E-state index >= 15 is 0 Å². The number of hydrogen-bond donors (Lipinski definition) is 2. The second-order valence-electron chi connectivity index (χ2n) is 5.56. The predicted molar refractivity (Wildman–Crippen MR) is 71.5 cm³/mol. The molecule has 2 unspecified atom stereocenters. The Morgan fingerprint density at radius 1 is 1.25 bits per heavy atom. The highest BCUT2D eigenvalue weighted by Crippen LogP contribution is 2.32. The molecule has 2 aliphatic carbocycles. The highest BCUT2D eigenvalue weighted by Gasteiger charge is 2.43. The third-order valence-corrected chi connectivity index (χ3v) is 6.22. The van der Waals surface area contributed by atoms with Crippen molar-refractivity contribution in [3.63, 3.8) is 0 Å². The quantitative estimate of drug-likeness (QED) is 0.706. The molecule has 0 spiro atoms. The lowest BCUT2D eigenvalue weighted by molar-refractivity contribution is -0.141. The summed E-state index contributed by atoms with van der Waals surface area (Å²) in [7, 11) is -2.42.